The summed E-state index contributed by atoms with van der Waals surface area (Å²) in [5, 5.41) is 14.5. The van der Waals surface area contributed by atoms with E-state index >= 15 is 0 Å². The standard InChI is InChI=1S/C39H38N4O9/c1-21(2)33(42-37(46)52-39(3,4)5)36-41-27(20-50-36)35-40-18-31(51-35)26-19-43(38(47)49-7)28-13-10-12-23(32(26)28)25-17-22(15-16-29(25)44)34(45)24-11-8-9-14-30(24)48-6/h8-21,33,44H,1-7H3,(H,42,46)/t33-/m0/s1. The van der Waals surface area contributed by atoms with E-state index in [2.05, 4.69) is 15.3 Å². The van der Waals surface area contributed by atoms with Crippen LogP contribution in [0.4, 0.5) is 9.59 Å². The quantitative estimate of drug-likeness (QED) is 0.139. The second kappa shape index (κ2) is 14.1. The van der Waals surface area contributed by atoms with Crippen molar-refractivity contribution in [2.75, 3.05) is 14.2 Å². The molecule has 13 heteroatoms. The fourth-order valence-corrected chi connectivity index (χ4v) is 5.82. The Hall–Kier alpha value is -6.37. The molecule has 13 nitrogen and oxygen atoms in total. The van der Waals surface area contributed by atoms with Crippen LogP contribution < -0.4 is 10.1 Å². The molecule has 0 spiro atoms. The molecule has 1 atom stereocenters. The number of carbonyl (C=O) groups is 3. The maximum absolute atomic E-state index is 13.6. The van der Waals surface area contributed by atoms with Crippen molar-refractivity contribution in [2.24, 2.45) is 5.92 Å². The first kappa shape index (κ1) is 35.5. The van der Waals surface area contributed by atoms with Crippen LogP contribution in [-0.2, 0) is 9.47 Å². The number of ether oxygens (including phenoxy) is 3. The summed E-state index contributed by atoms with van der Waals surface area (Å²) in [6, 6.07) is 16.1. The Labute approximate surface area is 299 Å². The largest absolute Gasteiger partial charge is 0.507 e. The van der Waals surface area contributed by atoms with Crippen molar-refractivity contribution < 1.29 is 42.5 Å². The average molecular weight is 707 g/mol. The smallest absolute Gasteiger partial charge is 0.418 e. The zero-order valence-corrected chi connectivity index (χ0v) is 29.7. The number of amides is 1. The van der Waals surface area contributed by atoms with E-state index in [4.69, 9.17) is 23.0 Å². The number of fused-ring (bicyclic) bond motifs is 1. The van der Waals surface area contributed by atoms with Gasteiger partial charge in [-0.15, -0.1) is 0 Å². The molecule has 268 valence electrons. The molecule has 6 rings (SSSR count). The molecule has 1 amide bonds. The van der Waals surface area contributed by atoms with Crippen LogP contribution in [0.1, 0.15) is 62.5 Å². The number of hydrogen-bond acceptors (Lipinski definition) is 11. The van der Waals surface area contributed by atoms with Gasteiger partial charge in [0.25, 0.3) is 0 Å². The van der Waals surface area contributed by atoms with Crippen molar-refractivity contribution in [3.8, 4) is 45.5 Å². The molecule has 0 unspecified atom stereocenters. The lowest BCUT2D eigenvalue weighted by Crippen LogP contribution is -2.37. The molecule has 3 heterocycles. The number of nitrogens with one attached hydrogen (secondary N) is 1. The highest BCUT2D eigenvalue weighted by Gasteiger charge is 2.28. The van der Waals surface area contributed by atoms with Crippen molar-refractivity contribution >= 4 is 28.9 Å². The van der Waals surface area contributed by atoms with Gasteiger partial charge >= 0.3 is 12.2 Å². The summed E-state index contributed by atoms with van der Waals surface area (Å²) in [6.45, 7) is 9.14. The zero-order chi connectivity index (χ0) is 37.3. The average Bonchev–Trinajstić information content (AvgIpc) is 3.88. The molecule has 3 aromatic carbocycles. The highest BCUT2D eigenvalue weighted by atomic mass is 16.6. The van der Waals surface area contributed by atoms with Crippen LogP contribution >= 0.6 is 0 Å². The number of methoxy groups -OCH3 is 2. The van der Waals surface area contributed by atoms with Crippen LogP contribution in [-0.4, -0.2) is 57.4 Å². The van der Waals surface area contributed by atoms with Crippen molar-refractivity contribution in [3.05, 3.63) is 96.3 Å². The van der Waals surface area contributed by atoms with Crippen molar-refractivity contribution in [1.82, 2.24) is 19.9 Å². The first-order valence-electron chi connectivity index (χ1n) is 16.4. The van der Waals surface area contributed by atoms with Gasteiger partial charge in [-0.05, 0) is 68.7 Å². The number of phenols is 1. The Morgan fingerprint density at radius 3 is 2.44 bits per heavy atom. The number of aromatic nitrogens is 3. The maximum atomic E-state index is 13.6. The number of oxazole rings is 2. The predicted octanol–water partition coefficient (Wildman–Crippen LogP) is 8.40. The van der Waals surface area contributed by atoms with Gasteiger partial charge in [0, 0.05) is 28.3 Å². The summed E-state index contributed by atoms with van der Waals surface area (Å²) in [6.07, 6.45) is 3.15. The van der Waals surface area contributed by atoms with Crippen molar-refractivity contribution in [1.29, 1.82) is 0 Å². The van der Waals surface area contributed by atoms with Gasteiger partial charge in [0.05, 0.1) is 31.5 Å². The summed E-state index contributed by atoms with van der Waals surface area (Å²) in [7, 11) is 2.76. The van der Waals surface area contributed by atoms with Gasteiger partial charge in [0.1, 0.15) is 29.4 Å². The van der Waals surface area contributed by atoms with Crippen LogP contribution in [0.5, 0.6) is 11.5 Å². The molecule has 0 fully saturated rings. The van der Waals surface area contributed by atoms with Gasteiger partial charge in [-0.1, -0.05) is 38.1 Å². The lowest BCUT2D eigenvalue weighted by Gasteiger charge is -2.24. The predicted molar refractivity (Wildman–Crippen MR) is 191 cm³/mol. The van der Waals surface area contributed by atoms with E-state index in [0.29, 0.717) is 44.5 Å². The molecule has 0 bridgehead atoms. The van der Waals surface area contributed by atoms with Gasteiger partial charge in [0.15, 0.2) is 17.2 Å². The monoisotopic (exact) mass is 706 g/mol. The molecule has 52 heavy (non-hydrogen) atoms. The number of para-hydroxylation sites is 1. The Morgan fingerprint density at radius 1 is 0.962 bits per heavy atom. The van der Waals surface area contributed by atoms with E-state index in [1.807, 2.05) is 13.8 Å². The fourth-order valence-electron chi connectivity index (χ4n) is 5.82. The number of hydrogen-bond donors (Lipinski definition) is 2. The van der Waals surface area contributed by atoms with Crippen LogP contribution in [0.2, 0.25) is 0 Å². The van der Waals surface area contributed by atoms with Crippen molar-refractivity contribution in [3.63, 3.8) is 0 Å². The summed E-state index contributed by atoms with van der Waals surface area (Å²) in [5.41, 5.74) is 2.02. The summed E-state index contributed by atoms with van der Waals surface area (Å²) >= 11 is 0. The highest BCUT2D eigenvalue weighted by Crippen LogP contribution is 2.42. The molecule has 0 radical (unpaired) electrons. The minimum Gasteiger partial charge on any atom is -0.507 e. The van der Waals surface area contributed by atoms with E-state index in [1.54, 1.807) is 75.5 Å². The molecular formula is C39H38N4O9. The Balaban J connectivity index is 1.42. The van der Waals surface area contributed by atoms with Gasteiger partial charge in [-0.2, -0.15) is 0 Å². The van der Waals surface area contributed by atoms with E-state index in [9.17, 15) is 19.5 Å². The Kier molecular flexibility index (Phi) is 9.61. The normalized spacial score (nSPS) is 12.2. The minimum atomic E-state index is -0.687. The molecule has 0 aliphatic rings. The lowest BCUT2D eigenvalue weighted by atomic mass is 9.94. The topological polar surface area (TPSA) is 168 Å². The second-order valence-electron chi connectivity index (χ2n) is 13.3. The summed E-state index contributed by atoms with van der Waals surface area (Å²) in [5.74, 6) is 0.558. The van der Waals surface area contributed by atoms with Gasteiger partial charge in [-0.25, -0.2) is 19.6 Å². The fraction of sp³-hybridized carbons (Fsp3) is 0.256. The zero-order valence-electron chi connectivity index (χ0n) is 29.7. The van der Waals surface area contributed by atoms with E-state index in [1.165, 1.54) is 43.4 Å². The Morgan fingerprint density at radius 2 is 1.73 bits per heavy atom. The minimum absolute atomic E-state index is 0.0890. The number of aromatic hydroxyl groups is 1. The number of benzene rings is 3. The lowest BCUT2D eigenvalue weighted by molar-refractivity contribution is 0.0479. The molecule has 0 saturated heterocycles. The third kappa shape index (κ3) is 6.97. The van der Waals surface area contributed by atoms with E-state index in [-0.39, 0.29) is 40.7 Å². The number of ketones is 1. The molecule has 3 aromatic heterocycles. The molecule has 0 saturated carbocycles. The second-order valence-corrected chi connectivity index (χ2v) is 13.3. The number of phenolic OH excluding ortho intramolecular Hbond substituents is 1. The van der Waals surface area contributed by atoms with Gasteiger partial charge in [0.2, 0.25) is 11.8 Å². The number of carbonyl (C=O) groups excluding carboxylic acids is 3. The summed E-state index contributed by atoms with van der Waals surface area (Å²) in [4.78, 5) is 48.2. The number of nitrogens with zero attached hydrogens (tertiary/aromatic N) is 3. The first-order chi connectivity index (χ1) is 24.8. The third-order valence-electron chi connectivity index (χ3n) is 8.22. The first-order valence-corrected chi connectivity index (χ1v) is 16.4. The molecule has 6 aromatic rings. The SMILES string of the molecule is COC(=O)n1cc(-c2cnc(-c3coc([C@@H](NC(=O)OC(C)(C)C)C(C)C)n3)o2)c2c(-c3cc(C(=O)c4ccccc4OC)ccc3O)cccc21. The molecular weight excluding hydrogens is 668 g/mol. The van der Waals surface area contributed by atoms with Crippen LogP contribution in [0.3, 0.4) is 0 Å². The molecule has 2 N–H and O–H groups in total. The van der Waals surface area contributed by atoms with Crippen LogP contribution in [0, 0.1) is 5.92 Å². The van der Waals surface area contributed by atoms with Gasteiger partial charge < -0.3 is 33.5 Å². The summed E-state index contributed by atoms with van der Waals surface area (Å²) < 4.78 is 29.2. The number of alkyl carbamates (subject to hydrolysis) is 1. The maximum Gasteiger partial charge on any atom is 0.418 e. The number of rotatable bonds is 9. The third-order valence-corrected chi connectivity index (χ3v) is 8.22. The van der Waals surface area contributed by atoms with Crippen LogP contribution in [0.25, 0.3) is 44.9 Å². The van der Waals surface area contributed by atoms with E-state index < -0.39 is 23.8 Å². The molecule has 0 aliphatic heterocycles. The molecule has 0 aliphatic carbocycles. The van der Waals surface area contributed by atoms with Gasteiger partial charge in [-0.3, -0.25) is 9.36 Å². The van der Waals surface area contributed by atoms with Crippen molar-refractivity contribution in [2.45, 2.75) is 46.3 Å². The van der Waals surface area contributed by atoms with E-state index in [0.717, 1.165) is 0 Å². The Bertz CT molecular complexity index is 2290. The van der Waals surface area contributed by atoms with Crippen LogP contribution in [0.15, 0.2) is 88.2 Å². The highest BCUT2D eigenvalue weighted by molar-refractivity contribution is 6.13.